The van der Waals surface area contributed by atoms with Crippen molar-refractivity contribution in [3.05, 3.63) is 27.7 Å². The van der Waals surface area contributed by atoms with Gasteiger partial charge in [-0.05, 0) is 80.2 Å². The number of hydrogen-bond acceptors (Lipinski definition) is 2. The second-order valence-corrected chi connectivity index (χ2v) is 7.09. The van der Waals surface area contributed by atoms with Crippen molar-refractivity contribution in [2.24, 2.45) is 23.7 Å². The number of H-pyrrole nitrogens is 1. The second-order valence-electron chi connectivity index (χ2n) is 7.09. The van der Waals surface area contributed by atoms with Crippen molar-refractivity contribution in [3.8, 4) is 0 Å². The molecular weight excluding hydrogens is 236 g/mol. The summed E-state index contributed by atoms with van der Waals surface area (Å²) < 4.78 is 0. The van der Waals surface area contributed by atoms with E-state index < -0.39 is 0 Å². The first kappa shape index (κ1) is 11.6. The van der Waals surface area contributed by atoms with Crippen LogP contribution in [-0.4, -0.2) is 4.98 Å². The third-order valence-corrected chi connectivity index (χ3v) is 5.89. The maximum Gasteiger partial charge on any atom is 0.271 e. The summed E-state index contributed by atoms with van der Waals surface area (Å²) in [6.45, 7) is 2.03. The SMILES string of the molecule is Cc1[nH]c(=O)c(N)cc1C1C2CC3CC(C2)CC1C3. The predicted molar refractivity (Wildman–Crippen MR) is 76.0 cm³/mol. The van der Waals surface area contributed by atoms with Gasteiger partial charge >= 0.3 is 0 Å². The van der Waals surface area contributed by atoms with Gasteiger partial charge in [0.15, 0.2) is 0 Å². The quantitative estimate of drug-likeness (QED) is 0.813. The van der Waals surface area contributed by atoms with E-state index >= 15 is 0 Å². The van der Waals surface area contributed by atoms with Gasteiger partial charge in [-0.25, -0.2) is 0 Å². The Labute approximate surface area is 113 Å². The number of nitrogens with two attached hydrogens (primary N) is 1. The number of aromatic nitrogens is 1. The smallest absolute Gasteiger partial charge is 0.271 e. The van der Waals surface area contributed by atoms with E-state index in [1.165, 1.54) is 37.7 Å². The number of hydrogen-bond donors (Lipinski definition) is 2. The fourth-order valence-corrected chi connectivity index (χ4v) is 5.44. The molecular formula is C16H22N2O. The van der Waals surface area contributed by atoms with Crippen LogP contribution in [0.4, 0.5) is 5.69 Å². The van der Waals surface area contributed by atoms with E-state index in [-0.39, 0.29) is 5.56 Å². The van der Waals surface area contributed by atoms with Crippen LogP contribution in [-0.2, 0) is 0 Å². The van der Waals surface area contributed by atoms with Gasteiger partial charge in [-0.1, -0.05) is 0 Å². The lowest BCUT2D eigenvalue weighted by molar-refractivity contribution is -0.00309. The Kier molecular flexibility index (Phi) is 2.36. The number of aromatic amines is 1. The molecule has 1 aromatic rings. The van der Waals surface area contributed by atoms with Crippen molar-refractivity contribution in [3.63, 3.8) is 0 Å². The molecule has 4 aliphatic rings. The third-order valence-electron chi connectivity index (χ3n) is 5.89. The molecule has 3 nitrogen and oxygen atoms in total. The molecule has 1 heterocycles. The minimum absolute atomic E-state index is 0.134. The summed E-state index contributed by atoms with van der Waals surface area (Å²) in [5.74, 6) is 4.28. The van der Waals surface area contributed by atoms with Crippen LogP contribution < -0.4 is 11.3 Å². The molecule has 1 aromatic heterocycles. The summed E-state index contributed by atoms with van der Waals surface area (Å²) in [6, 6.07) is 1.96. The summed E-state index contributed by atoms with van der Waals surface area (Å²) in [6.07, 6.45) is 7.07. The fraction of sp³-hybridized carbons (Fsp3) is 0.688. The van der Waals surface area contributed by atoms with Crippen LogP contribution in [0.15, 0.2) is 10.9 Å². The average molecular weight is 258 g/mol. The lowest BCUT2D eigenvalue weighted by atomic mass is 9.50. The van der Waals surface area contributed by atoms with Crippen LogP contribution in [0, 0.1) is 30.6 Å². The summed E-state index contributed by atoms with van der Waals surface area (Å²) >= 11 is 0. The Morgan fingerprint density at radius 1 is 1.11 bits per heavy atom. The topological polar surface area (TPSA) is 58.9 Å². The Morgan fingerprint density at radius 2 is 1.68 bits per heavy atom. The Hall–Kier alpha value is -1.25. The highest BCUT2D eigenvalue weighted by molar-refractivity contribution is 5.42. The summed E-state index contributed by atoms with van der Waals surface area (Å²) in [7, 11) is 0. The minimum atomic E-state index is -0.134. The molecule has 0 unspecified atom stereocenters. The zero-order valence-corrected chi connectivity index (χ0v) is 11.5. The van der Waals surface area contributed by atoms with Crippen molar-refractivity contribution in [2.45, 2.75) is 44.9 Å². The molecule has 0 amide bonds. The van der Waals surface area contributed by atoms with Gasteiger partial charge in [0.05, 0.1) is 5.69 Å². The van der Waals surface area contributed by atoms with Crippen molar-refractivity contribution >= 4 is 5.69 Å². The number of aryl methyl sites for hydroxylation is 1. The Morgan fingerprint density at radius 3 is 2.26 bits per heavy atom. The number of nitrogen functional groups attached to an aromatic ring is 1. The van der Waals surface area contributed by atoms with Crippen LogP contribution in [0.2, 0.25) is 0 Å². The molecule has 0 aliphatic heterocycles. The third kappa shape index (κ3) is 1.67. The molecule has 4 saturated carbocycles. The molecule has 4 bridgehead atoms. The summed E-state index contributed by atoms with van der Waals surface area (Å²) in [4.78, 5) is 14.5. The summed E-state index contributed by atoms with van der Waals surface area (Å²) in [5.41, 5.74) is 8.45. The van der Waals surface area contributed by atoms with Crippen LogP contribution in [0.1, 0.15) is 49.3 Å². The first-order chi connectivity index (χ1) is 9.11. The van der Waals surface area contributed by atoms with Crippen LogP contribution >= 0.6 is 0 Å². The van der Waals surface area contributed by atoms with Gasteiger partial charge in [-0.2, -0.15) is 0 Å². The van der Waals surface area contributed by atoms with Crippen molar-refractivity contribution in [2.75, 3.05) is 5.73 Å². The normalized spacial score (nSPS) is 39.7. The van der Waals surface area contributed by atoms with Gasteiger partial charge in [0.2, 0.25) is 0 Å². The lowest BCUT2D eigenvalue weighted by Gasteiger charge is -2.54. The molecule has 0 saturated heterocycles. The van der Waals surface area contributed by atoms with Crippen molar-refractivity contribution in [1.29, 1.82) is 0 Å². The molecule has 0 aromatic carbocycles. The van der Waals surface area contributed by atoms with E-state index in [2.05, 4.69) is 4.98 Å². The fourth-order valence-electron chi connectivity index (χ4n) is 5.44. The van der Waals surface area contributed by atoms with Crippen molar-refractivity contribution in [1.82, 2.24) is 4.98 Å². The molecule has 0 spiro atoms. The van der Waals surface area contributed by atoms with Gasteiger partial charge in [0, 0.05) is 5.69 Å². The number of anilines is 1. The molecule has 4 fully saturated rings. The number of pyridine rings is 1. The summed E-state index contributed by atoms with van der Waals surface area (Å²) in [5, 5.41) is 0. The van der Waals surface area contributed by atoms with Crippen molar-refractivity contribution < 1.29 is 0 Å². The van der Waals surface area contributed by atoms with Gasteiger partial charge in [-0.3, -0.25) is 4.79 Å². The first-order valence-electron chi connectivity index (χ1n) is 7.61. The van der Waals surface area contributed by atoms with E-state index in [0.29, 0.717) is 11.6 Å². The lowest BCUT2D eigenvalue weighted by Crippen LogP contribution is -2.44. The zero-order chi connectivity index (χ0) is 13.1. The van der Waals surface area contributed by atoms with Crippen LogP contribution in [0.3, 0.4) is 0 Å². The monoisotopic (exact) mass is 258 g/mol. The van der Waals surface area contributed by atoms with E-state index in [4.69, 9.17) is 5.73 Å². The van der Waals surface area contributed by atoms with E-state index in [9.17, 15) is 4.79 Å². The van der Waals surface area contributed by atoms with Gasteiger partial charge in [0.25, 0.3) is 5.56 Å². The zero-order valence-electron chi connectivity index (χ0n) is 11.5. The Bertz CT molecular complexity index is 547. The highest BCUT2D eigenvalue weighted by Crippen LogP contribution is 2.59. The van der Waals surface area contributed by atoms with E-state index in [0.717, 1.165) is 29.4 Å². The number of rotatable bonds is 1. The van der Waals surface area contributed by atoms with Crippen LogP contribution in [0.5, 0.6) is 0 Å². The molecule has 102 valence electrons. The maximum atomic E-state index is 11.6. The van der Waals surface area contributed by atoms with E-state index in [1.54, 1.807) is 0 Å². The highest BCUT2D eigenvalue weighted by atomic mass is 16.1. The van der Waals surface area contributed by atoms with Gasteiger partial charge in [0.1, 0.15) is 0 Å². The Balaban J connectivity index is 1.77. The van der Waals surface area contributed by atoms with Crippen LogP contribution in [0.25, 0.3) is 0 Å². The van der Waals surface area contributed by atoms with E-state index in [1.807, 2.05) is 13.0 Å². The largest absolute Gasteiger partial charge is 0.394 e. The molecule has 0 atom stereocenters. The van der Waals surface area contributed by atoms with Gasteiger partial charge < -0.3 is 10.7 Å². The molecule has 3 N–H and O–H groups in total. The second kappa shape index (κ2) is 3.87. The molecule has 19 heavy (non-hydrogen) atoms. The highest BCUT2D eigenvalue weighted by Gasteiger charge is 2.48. The first-order valence-corrected chi connectivity index (χ1v) is 7.61. The average Bonchev–Trinajstić information content (AvgIpc) is 2.34. The molecule has 4 aliphatic carbocycles. The van der Waals surface area contributed by atoms with Gasteiger partial charge in [-0.15, -0.1) is 0 Å². The predicted octanol–water partition coefficient (Wildman–Crippen LogP) is 2.81. The maximum absolute atomic E-state index is 11.6. The molecule has 3 heteroatoms. The number of nitrogens with one attached hydrogen (secondary N) is 1. The molecule has 0 radical (unpaired) electrons. The molecule has 5 rings (SSSR count). The standard InChI is InChI=1S/C16H22N2O/c1-8-13(7-14(17)16(19)18-8)15-11-3-9-2-10(5-11)6-12(15)4-9/h7,9-12,15H,2-6,17H2,1H3,(H,18,19). The minimum Gasteiger partial charge on any atom is -0.394 e.